The van der Waals surface area contributed by atoms with E-state index in [2.05, 4.69) is 15.0 Å². The summed E-state index contributed by atoms with van der Waals surface area (Å²) >= 11 is 0. The van der Waals surface area contributed by atoms with E-state index in [1.54, 1.807) is 35.3 Å². The first-order valence-electron chi connectivity index (χ1n) is 9.30. The number of amides is 1. The summed E-state index contributed by atoms with van der Waals surface area (Å²) in [6.07, 6.45) is 6.64. The Labute approximate surface area is 170 Å². The van der Waals surface area contributed by atoms with Crippen LogP contribution < -0.4 is 5.73 Å². The monoisotopic (exact) mass is 411 g/mol. The van der Waals surface area contributed by atoms with E-state index in [4.69, 9.17) is 11.1 Å². The lowest BCUT2D eigenvalue weighted by molar-refractivity contribution is -0.0494. The summed E-state index contributed by atoms with van der Waals surface area (Å²) in [7, 11) is 0. The van der Waals surface area contributed by atoms with Crippen LogP contribution in [0.4, 0.5) is 8.78 Å². The fraction of sp³-hybridized carbons (Fsp3) is 0.250. The minimum Gasteiger partial charge on any atom is -0.383 e. The molecule has 30 heavy (non-hydrogen) atoms. The number of hydrogen-bond acceptors (Lipinski definition) is 4. The van der Waals surface area contributed by atoms with Crippen molar-refractivity contribution in [2.75, 3.05) is 13.1 Å². The standard InChI is InChI=1S/C20H19F2N7O/c21-20(22)2-5-28(6-3-20)19(30)15-7-13-1-4-29(18(13)26-10-15)16-8-14(9-25-11-16)17(24)27-12-23/h1,4,7-12H,2-3,5-6H2,(H3,23,24,27). The molecule has 0 aromatic carbocycles. The van der Waals surface area contributed by atoms with Crippen molar-refractivity contribution in [2.45, 2.75) is 18.8 Å². The minimum atomic E-state index is -2.70. The maximum absolute atomic E-state index is 13.4. The number of nitrogens with two attached hydrogens (primary N) is 1. The number of likely N-dealkylation sites (tertiary alicyclic amines) is 1. The number of alkyl halides is 2. The predicted molar refractivity (Wildman–Crippen MR) is 108 cm³/mol. The highest BCUT2D eigenvalue weighted by Crippen LogP contribution is 2.28. The summed E-state index contributed by atoms with van der Waals surface area (Å²) in [4.78, 5) is 26.5. The summed E-state index contributed by atoms with van der Waals surface area (Å²) in [5.74, 6) is -2.83. The second kappa shape index (κ2) is 7.62. The number of nitrogens with zero attached hydrogens (tertiary/aromatic N) is 5. The van der Waals surface area contributed by atoms with E-state index >= 15 is 0 Å². The Kier molecular flexibility index (Phi) is 4.98. The van der Waals surface area contributed by atoms with Gasteiger partial charge in [-0.15, -0.1) is 0 Å². The predicted octanol–water partition coefficient (Wildman–Crippen LogP) is 2.60. The van der Waals surface area contributed by atoms with Gasteiger partial charge in [0.1, 0.15) is 17.8 Å². The molecule has 1 aliphatic rings. The number of nitrogens with one attached hydrogen (secondary N) is 1. The van der Waals surface area contributed by atoms with Gasteiger partial charge in [-0.2, -0.15) is 0 Å². The Hall–Kier alpha value is -3.69. The average molecular weight is 411 g/mol. The summed E-state index contributed by atoms with van der Waals surface area (Å²) in [6.45, 7) is 0.0597. The topological polar surface area (TPSA) is 113 Å². The highest BCUT2D eigenvalue weighted by molar-refractivity contribution is 6.01. The number of aromatic nitrogens is 3. The molecular weight excluding hydrogens is 392 g/mol. The van der Waals surface area contributed by atoms with Gasteiger partial charge in [0, 0.05) is 55.5 Å². The average Bonchev–Trinajstić information content (AvgIpc) is 3.17. The van der Waals surface area contributed by atoms with Crippen LogP contribution in [0.3, 0.4) is 0 Å². The highest BCUT2D eigenvalue weighted by atomic mass is 19.3. The van der Waals surface area contributed by atoms with Crippen LogP contribution in [0, 0.1) is 5.41 Å². The third kappa shape index (κ3) is 3.76. The van der Waals surface area contributed by atoms with Crippen molar-refractivity contribution < 1.29 is 13.6 Å². The van der Waals surface area contributed by atoms with Gasteiger partial charge in [0.05, 0.1) is 17.4 Å². The molecule has 0 atom stereocenters. The van der Waals surface area contributed by atoms with Crippen molar-refractivity contribution >= 4 is 29.1 Å². The van der Waals surface area contributed by atoms with Gasteiger partial charge in [-0.05, 0) is 18.2 Å². The number of carbonyl (C=O) groups is 1. The second-order valence-electron chi connectivity index (χ2n) is 7.05. The third-order valence-electron chi connectivity index (χ3n) is 5.06. The van der Waals surface area contributed by atoms with Crippen LogP contribution in [-0.4, -0.2) is 56.5 Å². The molecule has 0 bridgehead atoms. The molecule has 0 saturated carbocycles. The van der Waals surface area contributed by atoms with Gasteiger partial charge in [0.2, 0.25) is 0 Å². The van der Waals surface area contributed by atoms with Gasteiger partial charge in [0.25, 0.3) is 11.8 Å². The molecule has 0 aliphatic carbocycles. The molecule has 10 heteroatoms. The Bertz CT molecular complexity index is 1150. The van der Waals surface area contributed by atoms with Crippen molar-refractivity contribution in [3.8, 4) is 5.69 Å². The summed E-state index contributed by atoms with van der Waals surface area (Å²) < 4.78 is 28.5. The van der Waals surface area contributed by atoms with Gasteiger partial charge in [-0.25, -0.2) is 18.8 Å². The molecule has 1 aliphatic heterocycles. The van der Waals surface area contributed by atoms with Gasteiger partial charge in [-0.1, -0.05) is 0 Å². The third-order valence-corrected chi connectivity index (χ3v) is 5.06. The number of rotatable bonds is 4. The van der Waals surface area contributed by atoms with Crippen molar-refractivity contribution in [3.05, 3.63) is 54.1 Å². The summed E-state index contributed by atoms with van der Waals surface area (Å²) in [6, 6.07) is 5.28. The number of hydrogen-bond donors (Lipinski definition) is 2. The Morgan fingerprint density at radius 1 is 1.20 bits per heavy atom. The van der Waals surface area contributed by atoms with E-state index < -0.39 is 5.92 Å². The normalized spacial score (nSPS) is 16.6. The van der Waals surface area contributed by atoms with E-state index in [1.807, 2.05) is 6.07 Å². The SMILES string of the molecule is N=CN=C(N)c1cncc(-n2ccc3cc(C(=O)N4CCC(F)(F)CC4)cnc32)c1. The maximum atomic E-state index is 13.4. The molecule has 0 unspecified atom stereocenters. The van der Waals surface area contributed by atoms with Crippen LogP contribution in [0.25, 0.3) is 16.7 Å². The molecule has 8 nitrogen and oxygen atoms in total. The van der Waals surface area contributed by atoms with Crippen molar-refractivity contribution in [2.24, 2.45) is 10.7 Å². The van der Waals surface area contributed by atoms with Gasteiger partial charge in [-0.3, -0.25) is 19.8 Å². The molecule has 3 aromatic heterocycles. The first kappa shape index (κ1) is 19.6. The highest BCUT2D eigenvalue weighted by Gasteiger charge is 2.35. The maximum Gasteiger partial charge on any atom is 0.255 e. The Morgan fingerprint density at radius 2 is 1.97 bits per heavy atom. The largest absolute Gasteiger partial charge is 0.383 e. The zero-order chi connectivity index (χ0) is 21.3. The molecule has 4 heterocycles. The Morgan fingerprint density at radius 3 is 2.70 bits per heavy atom. The second-order valence-corrected chi connectivity index (χ2v) is 7.05. The minimum absolute atomic E-state index is 0.0298. The van der Waals surface area contributed by atoms with Gasteiger partial charge < -0.3 is 10.6 Å². The quantitative estimate of drug-likeness (QED) is 0.507. The number of amidine groups is 1. The molecular formula is C20H19F2N7O. The van der Waals surface area contributed by atoms with Crippen LogP contribution in [0.1, 0.15) is 28.8 Å². The molecule has 0 radical (unpaired) electrons. The van der Waals surface area contributed by atoms with Crippen LogP contribution in [-0.2, 0) is 0 Å². The molecule has 1 amide bonds. The lowest BCUT2D eigenvalue weighted by Crippen LogP contribution is -2.42. The number of piperidine rings is 1. The van der Waals surface area contributed by atoms with Gasteiger partial charge in [0.15, 0.2) is 0 Å². The van der Waals surface area contributed by atoms with Crippen LogP contribution in [0.5, 0.6) is 0 Å². The lowest BCUT2D eigenvalue weighted by Gasteiger charge is -2.31. The van der Waals surface area contributed by atoms with E-state index in [1.165, 1.54) is 11.1 Å². The number of carbonyl (C=O) groups excluding carboxylic acids is 1. The fourth-order valence-electron chi connectivity index (χ4n) is 3.41. The molecule has 3 N–H and O–H groups in total. The molecule has 1 fully saturated rings. The fourth-order valence-corrected chi connectivity index (χ4v) is 3.41. The van der Waals surface area contributed by atoms with E-state index in [-0.39, 0.29) is 37.7 Å². The number of halogens is 2. The van der Waals surface area contributed by atoms with Crippen molar-refractivity contribution in [1.82, 2.24) is 19.4 Å². The summed E-state index contributed by atoms with van der Waals surface area (Å²) in [5.41, 5.74) is 8.05. The van der Waals surface area contributed by atoms with Crippen LogP contribution in [0.2, 0.25) is 0 Å². The number of fused-ring (bicyclic) bond motifs is 1. The lowest BCUT2D eigenvalue weighted by atomic mass is 10.1. The van der Waals surface area contributed by atoms with E-state index in [0.717, 1.165) is 11.7 Å². The molecule has 154 valence electrons. The first-order valence-corrected chi connectivity index (χ1v) is 9.30. The molecule has 0 spiro atoms. The number of aliphatic imine (C=N–C) groups is 1. The van der Waals surface area contributed by atoms with Gasteiger partial charge >= 0.3 is 0 Å². The van der Waals surface area contributed by atoms with Crippen molar-refractivity contribution in [3.63, 3.8) is 0 Å². The van der Waals surface area contributed by atoms with Crippen LogP contribution in [0.15, 0.2) is 48.0 Å². The molecule has 4 rings (SSSR count). The zero-order valence-electron chi connectivity index (χ0n) is 15.9. The van der Waals surface area contributed by atoms with E-state index in [9.17, 15) is 13.6 Å². The summed E-state index contributed by atoms with van der Waals surface area (Å²) in [5, 5.41) is 7.77. The molecule has 1 saturated heterocycles. The smallest absolute Gasteiger partial charge is 0.255 e. The van der Waals surface area contributed by atoms with E-state index in [0.29, 0.717) is 22.5 Å². The number of pyridine rings is 2. The first-order chi connectivity index (χ1) is 14.4. The molecule has 3 aromatic rings. The van der Waals surface area contributed by atoms with Crippen molar-refractivity contribution in [1.29, 1.82) is 5.41 Å². The van der Waals surface area contributed by atoms with Crippen LogP contribution >= 0.6 is 0 Å². The zero-order valence-corrected chi connectivity index (χ0v) is 15.9. The Balaban J connectivity index is 1.62.